The number of carbonyl (C=O) groups excluding carboxylic acids is 2. The van der Waals surface area contributed by atoms with E-state index in [0.717, 1.165) is 16.7 Å². The molecule has 2 aliphatic heterocycles. The van der Waals surface area contributed by atoms with Gasteiger partial charge in [0.2, 0.25) is 6.79 Å². The number of halogens is 2. The lowest BCUT2D eigenvalue weighted by Crippen LogP contribution is -2.27. The van der Waals surface area contributed by atoms with Crippen molar-refractivity contribution in [2.24, 2.45) is 0 Å². The summed E-state index contributed by atoms with van der Waals surface area (Å²) in [7, 11) is 0. The summed E-state index contributed by atoms with van der Waals surface area (Å²) in [6.07, 6.45) is 1.63. The highest BCUT2D eigenvalue weighted by molar-refractivity contribution is 8.18. The van der Waals surface area contributed by atoms with Gasteiger partial charge < -0.3 is 14.2 Å². The molecule has 2 amide bonds. The molecular formula is C20H15Cl2NO5S. The highest BCUT2D eigenvalue weighted by atomic mass is 35.5. The number of benzene rings is 2. The molecule has 0 spiro atoms. The van der Waals surface area contributed by atoms with Crippen LogP contribution in [0.5, 0.6) is 17.2 Å². The number of rotatable bonds is 5. The minimum atomic E-state index is -0.390. The van der Waals surface area contributed by atoms with E-state index in [9.17, 15) is 9.59 Å². The Bertz CT molecular complexity index is 1040. The molecular weight excluding hydrogens is 437 g/mol. The number of nitrogens with zero attached hydrogens (tertiary/aromatic N) is 1. The highest BCUT2D eigenvalue weighted by Gasteiger charge is 2.35. The zero-order valence-electron chi connectivity index (χ0n) is 15.2. The molecule has 1 fully saturated rings. The van der Waals surface area contributed by atoms with Gasteiger partial charge in [-0.15, -0.1) is 0 Å². The van der Waals surface area contributed by atoms with E-state index in [2.05, 4.69) is 0 Å². The van der Waals surface area contributed by atoms with Gasteiger partial charge in [-0.05, 0) is 54.1 Å². The van der Waals surface area contributed by atoms with Crippen LogP contribution in [0, 0.1) is 0 Å². The zero-order valence-corrected chi connectivity index (χ0v) is 17.6. The van der Waals surface area contributed by atoms with Crippen LogP contribution >= 0.6 is 35.0 Å². The molecule has 9 heteroatoms. The van der Waals surface area contributed by atoms with Gasteiger partial charge in [0.1, 0.15) is 5.75 Å². The number of amides is 2. The van der Waals surface area contributed by atoms with Gasteiger partial charge in [-0.2, -0.15) is 0 Å². The molecule has 0 N–H and O–H groups in total. The molecule has 4 rings (SSSR count). The standard InChI is InChI=1S/C20H15Cl2NO5S/c1-2-26-15-4-3-11(5-14(15)22)6-18-19(24)23(20(25)29-18)9-12-7-16-17(8-13(12)21)28-10-27-16/h3-8H,2,9-10H2,1H3/b18-6-. The van der Waals surface area contributed by atoms with Crippen molar-refractivity contribution in [3.05, 3.63) is 56.4 Å². The molecule has 0 radical (unpaired) electrons. The van der Waals surface area contributed by atoms with Crippen LogP contribution in [0.25, 0.3) is 6.08 Å². The van der Waals surface area contributed by atoms with Crippen LogP contribution in [0.2, 0.25) is 10.0 Å². The Morgan fingerprint density at radius 3 is 2.62 bits per heavy atom. The van der Waals surface area contributed by atoms with E-state index < -0.39 is 5.91 Å². The number of hydrogen-bond donors (Lipinski definition) is 0. The monoisotopic (exact) mass is 451 g/mol. The van der Waals surface area contributed by atoms with E-state index in [1.165, 1.54) is 0 Å². The summed E-state index contributed by atoms with van der Waals surface area (Å²) < 4.78 is 16.0. The summed E-state index contributed by atoms with van der Waals surface area (Å²) >= 11 is 13.3. The minimum Gasteiger partial charge on any atom is -0.492 e. The Morgan fingerprint density at radius 2 is 1.90 bits per heavy atom. The maximum Gasteiger partial charge on any atom is 0.293 e. The fourth-order valence-corrected chi connectivity index (χ4v) is 4.21. The van der Waals surface area contributed by atoms with Gasteiger partial charge in [0.15, 0.2) is 11.5 Å². The average Bonchev–Trinajstić information content (AvgIpc) is 3.23. The van der Waals surface area contributed by atoms with Crippen molar-refractivity contribution in [1.82, 2.24) is 4.90 Å². The predicted octanol–water partition coefficient (Wildman–Crippen LogP) is 5.36. The van der Waals surface area contributed by atoms with Crippen molar-refractivity contribution in [2.45, 2.75) is 13.5 Å². The van der Waals surface area contributed by atoms with Gasteiger partial charge >= 0.3 is 0 Å². The van der Waals surface area contributed by atoms with Crippen LogP contribution in [0.3, 0.4) is 0 Å². The van der Waals surface area contributed by atoms with E-state index in [-0.39, 0.29) is 18.6 Å². The van der Waals surface area contributed by atoms with Crippen molar-refractivity contribution < 1.29 is 23.8 Å². The number of ether oxygens (including phenoxy) is 3. The van der Waals surface area contributed by atoms with Crippen LogP contribution < -0.4 is 14.2 Å². The summed E-state index contributed by atoms with van der Waals surface area (Å²) in [6.45, 7) is 2.53. The topological polar surface area (TPSA) is 65.1 Å². The molecule has 150 valence electrons. The number of imide groups is 1. The Balaban J connectivity index is 1.55. The first-order chi connectivity index (χ1) is 14.0. The van der Waals surface area contributed by atoms with Gasteiger partial charge in [0.25, 0.3) is 11.1 Å². The second kappa shape index (κ2) is 8.18. The number of thioether (sulfide) groups is 1. The van der Waals surface area contributed by atoms with E-state index in [1.807, 2.05) is 6.92 Å². The lowest BCUT2D eigenvalue weighted by atomic mass is 10.1. The highest BCUT2D eigenvalue weighted by Crippen LogP contribution is 2.39. The summed E-state index contributed by atoms with van der Waals surface area (Å²) in [5.41, 5.74) is 1.30. The zero-order chi connectivity index (χ0) is 20.5. The number of fused-ring (bicyclic) bond motifs is 1. The van der Waals surface area contributed by atoms with E-state index in [4.69, 9.17) is 37.4 Å². The molecule has 2 aliphatic rings. The van der Waals surface area contributed by atoms with Gasteiger partial charge in [-0.3, -0.25) is 14.5 Å². The Kier molecular flexibility index (Phi) is 5.63. The maximum atomic E-state index is 12.8. The van der Waals surface area contributed by atoms with Crippen molar-refractivity contribution >= 4 is 52.2 Å². The lowest BCUT2D eigenvalue weighted by molar-refractivity contribution is -0.123. The first-order valence-corrected chi connectivity index (χ1v) is 10.3. The first-order valence-electron chi connectivity index (χ1n) is 8.72. The van der Waals surface area contributed by atoms with Crippen molar-refractivity contribution in [3.8, 4) is 17.2 Å². The van der Waals surface area contributed by atoms with Crippen LogP contribution in [0.15, 0.2) is 35.2 Å². The van der Waals surface area contributed by atoms with E-state index in [0.29, 0.717) is 49.9 Å². The first kappa shape index (κ1) is 19.9. The van der Waals surface area contributed by atoms with Crippen molar-refractivity contribution in [3.63, 3.8) is 0 Å². The minimum absolute atomic E-state index is 0.0432. The van der Waals surface area contributed by atoms with Crippen molar-refractivity contribution in [1.29, 1.82) is 0 Å². The largest absolute Gasteiger partial charge is 0.492 e. The molecule has 1 saturated heterocycles. The van der Waals surface area contributed by atoms with Crippen LogP contribution in [0.4, 0.5) is 4.79 Å². The fourth-order valence-electron chi connectivity index (χ4n) is 2.92. The summed E-state index contributed by atoms with van der Waals surface area (Å²) in [5, 5.41) is 0.467. The normalized spacial score (nSPS) is 16.8. The summed E-state index contributed by atoms with van der Waals surface area (Å²) in [6, 6.07) is 8.50. The third-order valence-electron chi connectivity index (χ3n) is 4.30. The molecule has 29 heavy (non-hydrogen) atoms. The fraction of sp³-hybridized carbons (Fsp3) is 0.200. The average molecular weight is 452 g/mol. The molecule has 0 aromatic heterocycles. The number of carbonyl (C=O) groups is 2. The molecule has 0 saturated carbocycles. The van der Waals surface area contributed by atoms with E-state index in [1.54, 1.807) is 36.4 Å². The molecule has 2 aromatic rings. The summed E-state index contributed by atoms with van der Waals surface area (Å²) in [4.78, 5) is 26.7. The summed E-state index contributed by atoms with van der Waals surface area (Å²) in [5.74, 6) is 1.26. The Labute approximate surface area is 181 Å². The molecule has 0 unspecified atom stereocenters. The quantitative estimate of drug-likeness (QED) is 0.570. The van der Waals surface area contributed by atoms with E-state index >= 15 is 0 Å². The van der Waals surface area contributed by atoms with Gasteiger partial charge in [-0.25, -0.2) is 0 Å². The van der Waals surface area contributed by atoms with Gasteiger partial charge in [0, 0.05) is 11.1 Å². The number of hydrogen-bond acceptors (Lipinski definition) is 6. The molecule has 0 atom stereocenters. The Hall–Kier alpha value is -2.35. The third-order valence-corrected chi connectivity index (χ3v) is 5.85. The lowest BCUT2D eigenvalue weighted by Gasteiger charge is -2.14. The SMILES string of the molecule is CCOc1ccc(/C=C2\SC(=O)N(Cc3cc4c(cc3Cl)OCO4)C2=O)cc1Cl. The van der Waals surface area contributed by atoms with Gasteiger partial charge in [-0.1, -0.05) is 29.3 Å². The molecule has 0 bridgehead atoms. The second-order valence-corrected chi connectivity index (χ2v) is 8.00. The molecule has 6 nitrogen and oxygen atoms in total. The predicted molar refractivity (Wildman–Crippen MR) is 112 cm³/mol. The van der Waals surface area contributed by atoms with Crippen LogP contribution in [-0.4, -0.2) is 29.4 Å². The maximum absolute atomic E-state index is 12.8. The molecule has 0 aliphatic carbocycles. The Morgan fingerprint density at radius 1 is 1.14 bits per heavy atom. The third kappa shape index (κ3) is 4.03. The van der Waals surface area contributed by atoms with Crippen molar-refractivity contribution in [2.75, 3.05) is 13.4 Å². The van der Waals surface area contributed by atoms with Crippen LogP contribution in [-0.2, 0) is 11.3 Å². The molecule has 2 heterocycles. The van der Waals surface area contributed by atoms with Crippen LogP contribution in [0.1, 0.15) is 18.1 Å². The van der Waals surface area contributed by atoms with Gasteiger partial charge in [0.05, 0.1) is 23.1 Å². The second-order valence-electron chi connectivity index (χ2n) is 6.19. The smallest absolute Gasteiger partial charge is 0.293 e. The molecule has 2 aromatic carbocycles.